The van der Waals surface area contributed by atoms with Crippen molar-refractivity contribution >= 4 is 22.8 Å². The minimum Gasteiger partial charge on any atom is -0.496 e. The molecule has 0 aliphatic carbocycles. The van der Waals surface area contributed by atoms with Crippen LogP contribution in [0.4, 0.5) is 4.79 Å². The molecule has 260 valence electrons. The quantitative estimate of drug-likeness (QED) is 0.116. The van der Waals surface area contributed by atoms with Gasteiger partial charge in [-0.25, -0.2) is 9.59 Å². The third-order valence-electron chi connectivity index (χ3n) is 8.64. The average Bonchev–Trinajstić information content (AvgIpc) is 3.11. The maximum atomic E-state index is 13.1. The number of amides is 1. The fourth-order valence-corrected chi connectivity index (χ4v) is 6.20. The second kappa shape index (κ2) is 16.7. The summed E-state index contributed by atoms with van der Waals surface area (Å²) < 4.78 is 27.9. The van der Waals surface area contributed by atoms with Crippen molar-refractivity contribution in [3.63, 3.8) is 0 Å². The van der Waals surface area contributed by atoms with E-state index in [0.717, 1.165) is 46.2 Å². The van der Waals surface area contributed by atoms with Gasteiger partial charge in [0.15, 0.2) is 0 Å². The molecule has 1 amide bonds. The van der Waals surface area contributed by atoms with E-state index in [1.54, 1.807) is 18.1 Å². The van der Waals surface area contributed by atoms with E-state index in [1.807, 2.05) is 81.4 Å². The predicted molar refractivity (Wildman–Crippen MR) is 190 cm³/mol. The van der Waals surface area contributed by atoms with Crippen molar-refractivity contribution in [2.75, 3.05) is 40.5 Å². The molecule has 1 aliphatic rings. The third kappa shape index (κ3) is 9.74. The van der Waals surface area contributed by atoms with Gasteiger partial charge in [0, 0.05) is 43.6 Å². The number of benzene rings is 4. The summed E-state index contributed by atoms with van der Waals surface area (Å²) in [5, 5.41) is 5.56. The number of ether oxygens (including phenoxy) is 5. The van der Waals surface area contributed by atoms with Gasteiger partial charge in [-0.15, -0.1) is 0 Å². The van der Waals surface area contributed by atoms with Crippen LogP contribution in [0.15, 0.2) is 84.9 Å². The zero-order valence-corrected chi connectivity index (χ0v) is 29.2. The van der Waals surface area contributed by atoms with Crippen LogP contribution in [-0.2, 0) is 27.4 Å². The van der Waals surface area contributed by atoms with Crippen LogP contribution in [0.5, 0.6) is 11.5 Å². The summed E-state index contributed by atoms with van der Waals surface area (Å²) in [5.41, 5.74) is 3.28. The Kier molecular flexibility index (Phi) is 12.2. The van der Waals surface area contributed by atoms with Gasteiger partial charge in [-0.1, -0.05) is 54.6 Å². The number of para-hydroxylation sites is 1. The fourth-order valence-electron chi connectivity index (χ4n) is 6.20. The summed E-state index contributed by atoms with van der Waals surface area (Å²) >= 11 is 0. The molecular weight excluding hydrogens is 620 g/mol. The molecule has 1 aliphatic heterocycles. The van der Waals surface area contributed by atoms with Crippen molar-refractivity contribution in [1.82, 2.24) is 10.2 Å². The number of piperidine rings is 1. The zero-order chi connectivity index (χ0) is 34.8. The van der Waals surface area contributed by atoms with Crippen LogP contribution >= 0.6 is 0 Å². The Hall–Kier alpha value is -4.60. The van der Waals surface area contributed by atoms with E-state index in [1.165, 1.54) is 12.7 Å². The number of methoxy groups -OCH3 is 2. The van der Waals surface area contributed by atoms with Gasteiger partial charge in [0.1, 0.15) is 17.1 Å². The number of nitrogens with zero attached hydrogens (tertiary/aromatic N) is 1. The molecule has 9 heteroatoms. The highest BCUT2D eigenvalue weighted by atomic mass is 16.6. The van der Waals surface area contributed by atoms with E-state index in [-0.39, 0.29) is 24.0 Å². The molecule has 4 aromatic carbocycles. The average molecular weight is 669 g/mol. The molecule has 1 saturated heterocycles. The third-order valence-corrected chi connectivity index (χ3v) is 8.64. The van der Waals surface area contributed by atoms with Gasteiger partial charge in [0.2, 0.25) is 0 Å². The smallest absolute Gasteiger partial charge is 0.410 e. The SMILES string of the molecule is COC(=O)c1cccc2cc(CNC3CN(C(=O)OC(C)(C)C)CCC3c3ccc(OCCCOCc4ccccc4OC)cc3)ccc12. The Bertz CT molecular complexity index is 1700. The summed E-state index contributed by atoms with van der Waals surface area (Å²) in [6, 6.07) is 27.9. The molecule has 2 atom stereocenters. The molecule has 1 fully saturated rings. The van der Waals surface area contributed by atoms with Crippen LogP contribution in [0.1, 0.15) is 66.6 Å². The first-order chi connectivity index (χ1) is 23.6. The standard InChI is InChI=1S/C40H48N2O7/c1-40(2,3)49-39(44)42-21-20-34(36(26-42)41-25-28-14-19-33-30(24-28)11-8-12-35(33)38(43)46-5)29-15-17-32(18-16-29)48-23-9-22-47-27-31-10-6-7-13-37(31)45-4/h6-8,10-19,24,34,36,41H,9,20-23,25-27H2,1-5H3. The molecular formula is C40H48N2O7. The molecule has 0 saturated carbocycles. The van der Waals surface area contributed by atoms with Crippen LogP contribution in [0.2, 0.25) is 0 Å². The zero-order valence-electron chi connectivity index (χ0n) is 29.2. The maximum absolute atomic E-state index is 13.1. The Morgan fingerprint density at radius 1 is 0.918 bits per heavy atom. The number of carbonyl (C=O) groups is 2. The number of rotatable bonds is 13. The molecule has 1 N–H and O–H groups in total. The molecule has 0 aromatic heterocycles. The van der Waals surface area contributed by atoms with Crippen molar-refractivity contribution in [3.05, 3.63) is 107 Å². The number of fused-ring (bicyclic) bond motifs is 1. The van der Waals surface area contributed by atoms with Gasteiger partial charge >= 0.3 is 12.1 Å². The van der Waals surface area contributed by atoms with Crippen LogP contribution in [0, 0.1) is 0 Å². The number of hydrogen-bond acceptors (Lipinski definition) is 8. The number of likely N-dealkylation sites (tertiary alicyclic amines) is 1. The topological polar surface area (TPSA) is 95.6 Å². The highest BCUT2D eigenvalue weighted by Gasteiger charge is 2.34. The van der Waals surface area contributed by atoms with E-state index in [9.17, 15) is 9.59 Å². The van der Waals surface area contributed by atoms with Crippen molar-refractivity contribution in [2.45, 2.75) is 64.3 Å². The minimum absolute atomic E-state index is 0.00877. The first-order valence-corrected chi connectivity index (χ1v) is 16.9. The summed E-state index contributed by atoms with van der Waals surface area (Å²) in [5.74, 6) is 1.47. The van der Waals surface area contributed by atoms with Crippen LogP contribution in [-0.4, -0.2) is 69.1 Å². The monoisotopic (exact) mass is 668 g/mol. The maximum Gasteiger partial charge on any atom is 0.410 e. The van der Waals surface area contributed by atoms with Gasteiger partial charge in [-0.05, 0) is 79.4 Å². The molecule has 2 unspecified atom stereocenters. The van der Waals surface area contributed by atoms with Crippen LogP contribution in [0.25, 0.3) is 10.8 Å². The van der Waals surface area contributed by atoms with Gasteiger partial charge in [-0.3, -0.25) is 0 Å². The highest BCUT2D eigenvalue weighted by molar-refractivity contribution is 6.04. The van der Waals surface area contributed by atoms with E-state index in [2.05, 4.69) is 23.5 Å². The Morgan fingerprint density at radius 2 is 1.71 bits per heavy atom. The van der Waals surface area contributed by atoms with E-state index >= 15 is 0 Å². The van der Waals surface area contributed by atoms with Gasteiger partial charge in [0.25, 0.3) is 0 Å². The van der Waals surface area contributed by atoms with E-state index < -0.39 is 5.60 Å². The van der Waals surface area contributed by atoms with Crippen molar-refractivity contribution in [3.8, 4) is 11.5 Å². The van der Waals surface area contributed by atoms with Gasteiger partial charge < -0.3 is 33.9 Å². The molecule has 9 nitrogen and oxygen atoms in total. The Balaban J connectivity index is 1.20. The second-order valence-electron chi connectivity index (χ2n) is 13.3. The Labute approximate surface area is 289 Å². The van der Waals surface area contributed by atoms with E-state index in [4.69, 9.17) is 23.7 Å². The fraction of sp³-hybridized carbons (Fsp3) is 0.400. The number of esters is 1. The van der Waals surface area contributed by atoms with Crippen molar-refractivity contribution in [2.24, 2.45) is 0 Å². The first kappa shape index (κ1) is 35.7. The normalized spacial score (nSPS) is 16.3. The lowest BCUT2D eigenvalue weighted by Crippen LogP contribution is -2.52. The number of carbonyl (C=O) groups excluding carboxylic acids is 2. The molecule has 0 bridgehead atoms. The second-order valence-corrected chi connectivity index (χ2v) is 13.3. The first-order valence-electron chi connectivity index (χ1n) is 16.9. The lowest BCUT2D eigenvalue weighted by Gasteiger charge is -2.40. The predicted octanol–water partition coefficient (Wildman–Crippen LogP) is 7.50. The lowest BCUT2D eigenvalue weighted by molar-refractivity contribution is 0.0170. The lowest BCUT2D eigenvalue weighted by atomic mass is 9.85. The molecule has 5 rings (SSSR count). The molecule has 49 heavy (non-hydrogen) atoms. The van der Waals surface area contributed by atoms with Gasteiger partial charge in [0.05, 0.1) is 39.6 Å². The van der Waals surface area contributed by atoms with Crippen molar-refractivity contribution < 1.29 is 33.3 Å². The number of hydrogen-bond donors (Lipinski definition) is 1. The van der Waals surface area contributed by atoms with E-state index in [0.29, 0.717) is 45.0 Å². The molecule has 1 heterocycles. The summed E-state index contributed by atoms with van der Waals surface area (Å²) in [6.07, 6.45) is 1.26. The largest absolute Gasteiger partial charge is 0.496 e. The summed E-state index contributed by atoms with van der Waals surface area (Å²) in [7, 11) is 3.06. The molecule has 4 aromatic rings. The van der Waals surface area contributed by atoms with Crippen LogP contribution < -0.4 is 14.8 Å². The Morgan fingerprint density at radius 3 is 2.47 bits per heavy atom. The molecule has 0 radical (unpaired) electrons. The minimum atomic E-state index is -0.567. The van der Waals surface area contributed by atoms with Crippen LogP contribution in [0.3, 0.4) is 0 Å². The highest BCUT2D eigenvalue weighted by Crippen LogP contribution is 2.31. The summed E-state index contributed by atoms with van der Waals surface area (Å²) in [4.78, 5) is 27.1. The molecule has 0 spiro atoms. The van der Waals surface area contributed by atoms with Gasteiger partial charge in [-0.2, -0.15) is 0 Å². The number of nitrogens with one attached hydrogen (secondary N) is 1. The summed E-state index contributed by atoms with van der Waals surface area (Å²) in [6.45, 7) is 9.02. The van der Waals surface area contributed by atoms with Crippen molar-refractivity contribution in [1.29, 1.82) is 0 Å².